The number of aromatic nitrogens is 1. The zero-order chi connectivity index (χ0) is 18.2. The van der Waals surface area contributed by atoms with Gasteiger partial charge in [-0.15, -0.1) is 0 Å². The van der Waals surface area contributed by atoms with Crippen molar-refractivity contribution in [3.8, 4) is 0 Å². The molecule has 0 atom stereocenters. The van der Waals surface area contributed by atoms with E-state index in [1.54, 1.807) is 0 Å². The van der Waals surface area contributed by atoms with E-state index in [4.69, 9.17) is 0 Å². The van der Waals surface area contributed by atoms with Gasteiger partial charge < -0.3 is 4.57 Å². The Morgan fingerprint density at radius 1 is 0.556 bits per heavy atom. The monoisotopic (exact) mass is 411 g/mol. The maximum Gasteiger partial charge on any atom is 0.0845 e. The molecule has 0 aliphatic rings. The number of benzene rings is 4. The highest BCUT2D eigenvalue weighted by Crippen LogP contribution is 2.38. The molecule has 0 bridgehead atoms. The minimum Gasteiger partial charge on any atom is -0.329 e. The van der Waals surface area contributed by atoms with Crippen LogP contribution >= 0.6 is 15.9 Å². The Bertz CT molecular complexity index is 1180. The average Bonchev–Trinajstić information content (AvgIpc) is 3.04. The van der Waals surface area contributed by atoms with Gasteiger partial charge in [-0.1, -0.05) is 101 Å². The van der Waals surface area contributed by atoms with Crippen molar-refractivity contribution in [3.63, 3.8) is 0 Å². The largest absolute Gasteiger partial charge is 0.329 e. The van der Waals surface area contributed by atoms with E-state index in [2.05, 4.69) is 124 Å². The molecular formula is C25H18BrN. The minimum absolute atomic E-state index is 0.115. The van der Waals surface area contributed by atoms with Crippen molar-refractivity contribution < 1.29 is 0 Å². The van der Waals surface area contributed by atoms with Gasteiger partial charge in [-0.05, 0) is 29.3 Å². The van der Waals surface area contributed by atoms with E-state index in [1.165, 1.54) is 32.9 Å². The van der Waals surface area contributed by atoms with Crippen LogP contribution in [0.3, 0.4) is 0 Å². The van der Waals surface area contributed by atoms with Crippen LogP contribution in [0, 0.1) is 0 Å². The molecule has 0 amide bonds. The van der Waals surface area contributed by atoms with Crippen LogP contribution in [0.15, 0.2) is 108 Å². The molecule has 0 N–H and O–H groups in total. The van der Waals surface area contributed by atoms with Crippen molar-refractivity contribution in [2.75, 3.05) is 0 Å². The Hall–Kier alpha value is -2.84. The molecule has 2 heteroatoms. The molecule has 0 unspecified atom stereocenters. The van der Waals surface area contributed by atoms with Gasteiger partial charge in [-0.25, -0.2) is 0 Å². The Labute approximate surface area is 167 Å². The Balaban J connectivity index is 1.91. The summed E-state index contributed by atoms with van der Waals surface area (Å²) >= 11 is 3.67. The molecule has 27 heavy (non-hydrogen) atoms. The second-order valence-corrected chi connectivity index (χ2v) is 7.69. The van der Waals surface area contributed by atoms with Crippen LogP contribution in [0.2, 0.25) is 0 Å². The summed E-state index contributed by atoms with van der Waals surface area (Å²) in [6, 6.07) is 36.9. The first-order valence-electron chi connectivity index (χ1n) is 9.11. The summed E-state index contributed by atoms with van der Waals surface area (Å²) < 4.78 is 3.57. The normalized spacial score (nSPS) is 11.5. The first-order valence-corrected chi connectivity index (χ1v) is 9.90. The fraction of sp³-hybridized carbons (Fsp3) is 0.0400. The third kappa shape index (κ3) is 2.77. The number of hydrogen-bond acceptors (Lipinski definition) is 0. The fourth-order valence-corrected chi connectivity index (χ4v) is 4.36. The Morgan fingerprint density at radius 2 is 1.11 bits per heavy atom. The predicted octanol–water partition coefficient (Wildman–Crippen LogP) is 7.19. The van der Waals surface area contributed by atoms with E-state index in [-0.39, 0.29) is 6.04 Å². The van der Waals surface area contributed by atoms with Crippen molar-refractivity contribution in [2.45, 2.75) is 6.04 Å². The van der Waals surface area contributed by atoms with Crippen LogP contribution in [-0.2, 0) is 0 Å². The molecule has 5 rings (SSSR count). The standard InChI is InChI=1S/C25H18BrN/c26-20-15-16-22-21-13-7-8-14-23(21)27(24(22)17-20)25(18-9-3-1-4-10-18)19-11-5-2-6-12-19/h1-17,25H. The number of hydrogen-bond donors (Lipinski definition) is 0. The van der Waals surface area contributed by atoms with Crippen molar-refractivity contribution in [2.24, 2.45) is 0 Å². The van der Waals surface area contributed by atoms with Gasteiger partial charge in [0, 0.05) is 20.8 Å². The van der Waals surface area contributed by atoms with Crippen LogP contribution in [0.4, 0.5) is 0 Å². The van der Waals surface area contributed by atoms with Gasteiger partial charge in [-0.2, -0.15) is 0 Å². The van der Waals surface area contributed by atoms with Gasteiger partial charge in [-0.3, -0.25) is 0 Å². The topological polar surface area (TPSA) is 4.93 Å². The molecule has 4 aromatic carbocycles. The highest BCUT2D eigenvalue weighted by molar-refractivity contribution is 9.10. The first-order chi connectivity index (χ1) is 13.3. The van der Waals surface area contributed by atoms with E-state index < -0.39 is 0 Å². The van der Waals surface area contributed by atoms with Gasteiger partial charge in [0.1, 0.15) is 0 Å². The molecule has 0 spiro atoms. The molecular weight excluding hydrogens is 394 g/mol. The number of halogens is 1. The van der Waals surface area contributed by atoms with Crippen molar-refractivity contribution >= 4 is 37.7 Å². The number of para-hydroxylation sites is 1. The summed E-state index contributed by atoms with van der Waals surface area (Å²) in [4.78, 5) is 0. The smallest absolute Gasteiger partial charge is 0.0845 e. The first kappa shape index (κ1) is 16.3. The summed E-state index contributed by atoms with van der Waals surface area (Å²) in [5, 5.41) is 2.57. The SMILES string of the molecule is Brc1ccc2c3ccccc3n(C(c3ccccc3)c3ccccc3)c2c1. The van der Waals surface area contributed by atoms with Crippen LogP contribution < -0.4 is 0 Å². The van der Waals surface area contributed by atoms with Gasteiger partial charge >= 0.3 is 0 Å². The summed E-state index contributed by atoms with van der Waals surface area (Å²) in [7, 11) is 0. The zero-order valence-electron chi connectivity index (χ0n) is 14.7. The summed E-state index contributed by atoms with van der Waals surface area (Å²) in [6.07, 6.45) is 0. The Morgan fingerprint density at radius 3 is 1.78 bits per heavy atom. The molecule has 0 saturated carbocycles. The van der Waals surface area contributed by atoms with Gasteiger partial charge in [0.2, 0.25) is 0 Å². The summed E-state index contributed by atoms with van der Waals surface area (Å²) in [5.74, 6) is 0. The van der Waals surface area contributed by atoms with Crippen molar-refractivity contribution in [1.29, 1.82) is 0 Å². The lowest BCUT2D eigenvalue weighted by atomic mass is 9.98. The predicted molar refractivity (Wildman–Crippen MR) is 117 cm³/mol. The molecule has 0 radical (unpaired) electrons. The number of nitrogens with zero attached hydrogens (tertiary/aromatic N) is 1. The molecule has 1 aromatic heterocycles. The molecule has 5 aromatic rings. The Kier molecular flexibility index (Phi) is 4.06. The molecule has 0 aliphatic heterocycles. The highest BCUT2D eigenvalue weighted by atomic mass is 79.9. The summed E-state index contributed by atoms with van der Waals surface area (Å²) in [5.41, 5.74) is 5.06. The van der Waals surface area contributed by atoms with E-state index >= 15 is 0 Å². The third-order valence-electron chi connectivity index (χ3n) is 5.16. The molecule has 1 heterocycles. The molecule has 0 fully saturated rings. The van der Waals surface area contributed by atoms with Crippen LogP contribution in [0.1, 0.15) is 17.2 Å². The molecule has 0 saturated heterocycles. The van der Waals surface area contributed by atoms with Crippen molar-refractivity contribution in [1.82, 2.24) is 4.57 Å². The number of rotatable bonds is 3. The van der Waals surface area contributed by atoms with E-state index in [0.717, 1.165) is 4.47 Å². The van der Waals surface area contributed by atoms with Crippen molar-refractivity contribution in [3.05, 3.63) is 119 Å². The third-order valence-corrected chi connectivity index (χ3v) is 5.66. The van der Waals surface area contributed by atoms with Crippen LogP contribution in [0.5, 0.6) is 0 Å². The zero-order valence-corrected chi connectivity index (χ0v) is 16.3. The fourth-order valence-electron chi connectivity index (χ4n) is 4.01. The molecule has 0 aliphatic carbocycles. The van der Waals surface area contributed by atoms with Crippen LogP contribution in [0.25, 0.3) is 21.8 Å². The minimum atomic E-state index is 0.115. The number of fused-ring (bicyclic) bond motifs is 3. The van der Waals surface area contributed by atoms with Gasteiger partial charge in [0.25, 0.3) is 0 Å². The maximum absolute atomic E-state index is 3.67. The molecule has 1 nitrogen and oxygen atoms in total. The second-order valence-electron chi connectivity index (χ2n) is 6.77. The summed E-state index contributed by atoms with van der Waals surface area (Å²) in [6.45, 7) is 0. The van der Waals surface area contributed by atoms with E-state index in [9.17, 15) is 0 Å². The maximum atomic E-state index is 3.67. The van der Waals surface area contributed by atoms with Crippen LogP contribution in [-0.4, -0.2) is 4.57 Å². The quantitative estimate of drug-likeness (QED) is 0.295. The lowest BCUT2D eigenvalue weighted by Crippen LogP contribution is -2.12. The van der Waals surface area contributed by atoms with Gasteiger partial charge in [0.05, 0.1) is 11.6 Å². The van der Waals surface area contributed by atoms with E-state index in [0.29, 0.717) is 0 Å². The molecule has 130 valence electrons. The van der Waals surface area contributed by atoms with E-state index in [1.807, 2.05) is 0 Å². The highest BCUT2D eigenvalue weighted by Gasteiger charge is 2.21. The lowest BCUT2D eigenvalue weighted by Gasteiger charge is -2.23. The second kappa shape index (κ2) is 6.71. The lowest BCUT2D eigenvalue weighted by molar-refractivity contribution is 0.728. The average molecular weight is 412 g/mol. The van der Waals surface area contributed by atoms with Gasteiger partial charge in [0.15, 0.2) is 0 Å².